The lowest BCUT2D eigenvalue weighted by Gasteiger charge is -2.31. The van der Waals surface area contributed by atoms with E-state index in [1.807, 2.05) is 6.26 Å². The number of allylic oxidation sites excluding steroid dienone is 1. The summed E-state index contributed by atoms with van der Waals surface area (Å²) >= 11 is 1.46. The Morgan fingerprint density at radius 1 is 1.38 bits per heavy atom. The molecular formula is C16H18F3NO4S2. The van der Waals surface area contributed by atoms with E-state index in [4.69, 9.17) is 4.74 Å². The summed E-state index contributed by atoms with van der Waals surface area (Å²) in [6, 6.07) is 4.46. The average molecular weight is 409 g/mol. The van der Waals surface area contributed by atoms with E-state index in [1.54, 1.807) is 0 Å². The normalized spacial score (nSPS) is 19.5. The molecule has 0 aromatic heterocycles. The van der Waals surface area contributed by atoms with Gasteiger partial charge < -0.3 is 9.64 Å². The van der Waals surface area contributed by atoms with Crippen molar-refractivity contribution >= 4 is 33.1 Å². The topological polar surface area (TPSA) is 63.7 Å². The van der Waals surface area contributed by atoms with Gasteiger partial charge in [-0.3, -0.25) is 4.79 Å². The molecule has 144 valence electrons. The Morgan fingerprint density at radius 2 is 2.08 bits per heavy atom. The Hall–Kier alpha value is -1.52. The Kier molecular flexibility index (Phi) is 6.41. The lowest BCUT2D eigenvalue weighted by molar-refractivity contribution is -0.135. The first-order valence-electron chi connectivity index (χ1n) is 7.51. The van der Waals surface area contributed by atoms with Crippen LogP contribution in [0.4, 0.5) is 13.2 Å². The second kappa shape index (κ2) is 8.01. The van der Waals surface area contributed by atoms with Gasteiger partial charge in [0.2, 0.25) is 5.91 Å². The molecule has 1 unspecified atom stereocenters. The first-order chi connectivity index (χ1) is 12.0. The van der Waals surface area contributed by atoms with Crippen LogP contribution in [0.2, 0.25) is 0 Å². The van der Waals surface area contributed by atoms with Crippen LogP contribution in [-0.2, 0) is 19.4 Å². The highest BCUT2D eigenvalue weighted by atomic mass is 32.2. The molecule has 26 heavy (non-hydrogen) atoms. The van der Waals surface area contributed by atoms with E-state index in [1.165, 1.54) is 28.8 Å². The number of thioether (sulfide) groups is 1. The largest absolute Gasteiger partial charge is 0.417 e. The Bertz CT molecular complexity index is 806. The molecule has 2 rings (SSSR count). The van der Waals surface area contributed by atoms with Gasteiger partial charge in [0.15, 0.2) is 9.84 Å². The third kappa shape index (κ3) is 5.24. The maximum Gasteiger partial charge on any atom is 0.417 e. The van der Waals surface area contributed by atoms with Crippen molar-refractivity contribution in [3.63, 3.8) is 0 Å². The van der Waals surface area contributed by atoms with Crippen molar-refractivity contribution in [1.82, 2.24) is 4.90 Å². The third-order valence-electron chi connectivity index (χ3n) is 3.77. The van der Waals surface area contributed by atoms with Crippen LogP contribution in [0.1, 0.15) is 5.56 Å². The molecule has 0 bridgehead atoms. The van der Waals surface area contributed by atoms with E-state index in [9.17, 15) is 26.4 Å². The molecular weight excluding hydrogens is 391 g/mol. The number of hydrogen-bond donors (Lipinski definition) is 0. The predicted molar refractivity (Wildman–Crippen MR) is 93.4 cm³/mol. The second-order valence-electron chi connectivity index (χ2n) is 5.77. The molecule has 1 aromatic rings. The van der Waals surface area contributed by atoms with Crippen molar-refractivity contribution in [2.24, 2.45) is 0 Å². The van der Waals surface area contributed by atoms with Crippen LogP contribution >= 0.6 is 11.8 Å². The number of halogens is 3. The van der Waals surface area contributed by atoms with Crippen molar-refractivity contribution in [2.45, 2.75) is 16.3 Å². The van der Waals surface area contributed by atoms with E-state index >= 15 is 0 Å². The van der Waals surface area contributed by atoms with Gasteiger partial charge in [0, 0.05) is 24.1 Å². The number of sulfone groups is 1. The number of benzene rings is 1. The number of rotatable bonds is 4. The Morgan fingerprint density at radius 3 is 2.65 bits per heavy atom. The highest BCUT2D eigenvalue weighted by Gasteiger charge is 2.36. The molecule has 1 aromatic carbocycles. The Balaban J connectivity index is 2.39. The zero-order valence-corrected chi connectivity index (χ0v) is 15.7. The molecule has 5 nitrogen and oxygen atoms in total. The van der Waals surface area contributed by atoms with Gasteiger partial charge in [-0.25, -0.2) is 8.42 Å². The van der Waals surface area contributed by atoms with Crippen LogP contribution in [0.3, 0.4) is 0 Å². The number of hydrogen-bond acceptors (Lipinski definition) is 5. The summed E-state index contributed by atoms with van der Waals surface area (Å²) in [5, 5.41) is -0.0102. The molecule has 0 aliphatic carbocycles. The zero-order chi connectivity index (χ0) is 19.5. The Labute approximate surface area is 154 Å². The van der Waals surface area contributed by atoms with E-state index < -0.39 is 27.5 Å². The lowest BCUT2D eigenvalue weighted by Crippen LogP contribution is -2.44. The van der Waals surface area contributed by atoms with Crippen LogP contribution in [0.5, 0.6) is 0 Å². The zero-order valence-electron chi connectivity index (χ0n) is 14.1. The molecule has 1 amide bonds. The predicted octanol–water partition coefficient (Wildman–Crippen LogP) is 2.58. The number of alkyl halides is 3. The number of amides is 1. The maximum absolute atomic E-state index is 13.5. The average Bonchev–Trinajstić information content (AvgIpc) is 2.57. The van der Waals surface area contributed by atoms with Gasteiger partial charge in [0.25, 0.3) is 0 Å². The number of carbonyl (C=O) groups excluding carboxylic acids is 1. The minimum atomic E-state index is -4.82. The monoisotopic (exact) mass is 409 g/mol. The molecule has 1 fully saturated rings. The fraction of sp³-hybridized carbons (Fsp3) is 0.438. The minimum Gasteiger partial charge on any atom is -0.360 e. The maximum atomic E-state index is 13.5. The molecule has 1 aliphatic heterocycles. The van der Waals surface area contributed by atoms with Crippen molar-refractivity contribution in [3.8, 4) is 0 Å². The highest BCUT2D eigenvalue weighted by molar-refractivity contribution is 7.99. The molecule has 0 radical (unpaired) electrons. The van der Waals surface area contributed by atoms with Gasteiger partial charge in [-0.15, -0.1) is 0 Å². The fourth-order valence-electron chi connectivity index (χ4n) is 2.38. The first-order valence-corrected chi connectivity index (χ1v) is 10.7. The number of nitrogens with zero attached hydrogens (tertiary/aromatic N) is 1. The van der Waals surface area contributed by atoms with Gasteiger partial charge in [-0.2, -0.15) is 24.9 Å². The summed E-state index contributed by atoms with van der Waals surface area (Å²) in [7, 11) is -3.68. The van der Waals surface area contributed by atoms with E-state index in [0.717, 1.165) is 18.4 Å². The van der Waals surface area contributed by atoms with Crippen molar-refractivity contribution < 1.29 is 31.1 Å². The molecule has 10 heteroatoms. The summed E-state index contributed by atoms with van der Waals surface area (Å²) in [5.41, 5.74) is -1.58. The van der Waals surface area contributed by atoms with E-state index in [-0.39, 0.29) is 29.0 Å². The van der Waals surface area contributed by atoms with Gasteiger partial charge in [0.1, 0.15) is 6.73 Å². The minimum absolute atomic E-state index is 0.0102. The van der Waals surface area contributed by atoms with E-state index in [2.05, 4.69) is 0 Å². The number of ether oxygens (including phenoxy) is 1. The molecule has 0 N–H and O–H groups in total. The highest BCUT2D eigenvalue weighted by Crippen LogP contribution is 2.35. The fourth-order valence-corrected chi connectivity index (χ4v) is 3.61. The van der Waals surface area contributed by atoms with Crippen molar-refractivity contribution in [2.75, 3.05) is 32.4 Å². The molecule has 1 aliphatic rings. The summed E-state index contributed by atoms with van der Waals surface area (Å²) in [6.07, 6.45) is -1.59. The lowest BCUT2D eigenvalue weighted by atomic mass is 10.0. The van der Waals surface area contributed by atoms with Crippen molar-refractivity contribution in [3.05, 3.63) is 35.9 Å². The summed E-state index contributed by atoms with van der Waals surface area (Å²) in [5.74, 6) is -0.833. The quantitative estimate of drug-likeness (QED) is 0.716. The summed E-state index contributed by atoms with van der Waals surface area (Å²) in [4.78, 5) is 13.3. The summed E-state index contributed by atoms with van der Waals surface area (Å²) in [6.45, 7) is 0.628. The number of carbonyl (C=O) groups is 1. The van der Waals surface area contributed by atoms with Crippen LogP contribution in [-0.4, -0.2) is 63.0 Å². The van der Waals surface area contributed by atoms with Gasteiger partial charge >= 0.3 is 6.18 Å². The second-order valence-corrected chi connectivity index (χ2v) is 8.93. The van der Waals surface area contributed by atoms with E-state index in [0.29, 0.717) is 12.7 Å². The molecule has 1 heterocycles. The first kappa shape index (κ1) is 20.8. The molecule has 0 spiro atoms. The van der Waals surface area contributed by atoms with Crippen LogP contribution < -0.4 is 0 Å². The molecule has 1 saturated heterocycles. The molecule has 1 atom stereocenters. The van der Waals surface area contributed by atoms with Crippen LogP contribution in [0, 0.1) is 0 Å². The third-order valence-corrected chi connectivity index (χ3v) is 5.83. The smallest absolute Gasteiger partial charge is 0.360 e. The van der Waals surface area contributed by atoms with Gasteiger partial charge in [0.05, 0.1) is 17.1 Å². The molecule has 0 saturated carbocycles. The van der Waals surface area contributed by atoms with Crippen molar-refractivity contribution in [1.29, 1.82) is 0 Å². The van der Waals surface area contributed by atoms with Crippen LogP contribution in [0.15, 0.2) is 35.2 Å². The standard InChI is InChI=1S/C16H18F3NO4S2/c1-25-12-8-20(10-24-9-12)15(21)7-14(16(17,18)19)11-4-3-5-13(6-11)26(2,22)23/h3-7,12H,8-10H2,1-2H3. The van der Waals surface area contributed by atoms with Crippen LogP contribution in [0.25, 0.3) is 5.57 Å². The van der Waals surface area contributed by atoms with Gasteiger partial charge in [-0.05, 0) is 24.0 Å². The van der Waals surface area contributed by atoms with Gasteiger partial charge in [-0.1, -0.05) is 12.1 Å². The SMILES string of the molecule is CSC1COCN(C(=O)C=C(c2cccc(S(C)(=O)=O)c2)C(F)(F)F)C1. The summed E-state index contributed by atoms with van der Waals surface area (Å²) < 4.78 is 68.9.